The van der Waals surface area contributed by atoms with E-state index in [9.17, 15) is 17.3 Å². The first-order chi connectivity index (χ1) is 17.1. The van der Waals surface area contributed by atoms with Crippen LogP contribution in [0, 0.1) is 0 Å². The maximum absolute atomic E-state index is 9.75. The Morgan fingerprint density at radius 2 is 1.05 bits per heavy atom. The molecule has 1 radical (unpaired) electrons. The van der Waals surface area contributed by atoms with Crippen LogP contribution in [0.4, 0.5) is 17.3 Å². The fraction of sp³-hybridized carbons (Fsp3) is 0.571. The molecule has 37 heavy (non-hydrogen) atoms. The van der Waals surface area contributed by atoms with E-state index in [4.69, 9.17) is 0 Å². The van der Waals surface area contributed by atoms with Crippen LogP contribution in [-0.4, -0.2) is 29.9 Å². The molecular weight excluding hydrogens is 620 g/mol. The summed E-state index contributed by atoms with van der Waals surface area (Å²) in [6, 6.07) is 9.29. The summed E-state index contributed by atoms with van der Waals surface area (Å²) in [7, 11) is -5.92. The van der Waals surface area contributed by atoms with Gasteiger partial charge in [0.05, 0.1) is 0 Å². The van der Waals surface area contributed by atoms with Crippen LogP contribution in [0.15, 0.2) is 48.6 Å². The van der Waals surface area contributed by atoms with Crippen LogP contribution in [0.2, 0.25) is 0 Å². The van der Waals surface area contributed by atoms with Crippen LogP contribution >= 0.6 is 27.2 Å². The normalized spacial score (nSPS) is 31.1. The minimum atomic E-state index is -6.00. The molecule has 2 saturated heterocycles. The number of halogens is 4. The Morgan fingerprint density at radius 3 is 1.49 bits per heavy atom. The van der Waals surface area contributed by atoms with Gasteiger partial charge in [0.15, 0.2) is 0 Å². The number of fused-ring (bicyclic) bond motifs is 1. The van der Waals surface area contributed by atoms with Gasteiger partial charge in [-0.3, -0.25) is 0 Å². The molecule has 0 saturated carbocycles. The summed E-state index contributed by atoms with van der Waals surface area (Å²) < 4.78 is 42.4. The zero-order valence-corrected chi connectivity index (χ0v) is 26.6. The number of benzene rings is 1. The molecule has 0 N–H and O–H groups in total. The minimum Gasteiger partial charge on any atom is -0.418 e. The van der Waals surface area contributed by atoms with Crippen molar-refractivity contribution in [1.82, 2.24) is 0 Å². The van der Waals surface area contributed by atoms with E-state index in [1.54, 1.807) is 10.1 Å². The summed E-state index contributed by atoms with van der Waals surface area (Å²) in [6.45, 7) is 10.1. The smallest absolute Gasteiger partial charge is 0.418 e. The number of hydrogen-bond donors (Lipinski definition) is 0. The molecule has 209 valence electrons. The van der Waals surface area contributed by atoms with Gasteiger partial charge >= 0.3 is 7.25 Å². The molecule has 0 amide bonds. The zero-order valence-electron chi connectivity index (χ0n) is 22.3. The van der Waals surface area contributed by atoms with Crippen LogP contribution < -0.4 is 9.92 Å². The van der Waals surface area contributed by atoms with Crippen molar-refractivity contribution in [3.63, 3.8) is 0 Å². The topological polar surface area (TPSA) is 0 Å². The third-order valence-corrected chi connectivity index (χ3v) is 16.0. The number of hydrogen-bond acceptors (Lipinski definition) is 1. The average Bonchev–Trinajstić information content (AvgIpc) is 3.41. The Labute approximate surface area is 240 Å². The van der Waals surface area contributed by atoms with E-state index in [2.05, 4.69) is 87.6 Å². The fourth-order valence-corrected chi connectivity index (χ4v) is 15.6. The average molecular weight is 660 g/mol. The van der Waals surface area contributed by atoms with Gasteiger partial charge < -0.3 is 17.3 Å². The predicted molar refractivity (Wildman–Crippen MR) is 158 cm³/mol. The molecule has 3 aliphatic rings. The van der Waals surface area contributed by atoms with Crippen molar-refractivity contribution < 1.29 is 36.7 Å². The van der Waals surface area contributed by atoms with Gasteiger partial charge in [0.25, 0.3) is 0 Å². The first kappa shape index (κ1) is 33.1. The maximum Gasteiger partial charge on any atom is 0.673 e. The monoisotopic (exact) mass is 660 g/mol. The third kappa shape index (κ3) is 9.81. The van der Waals surface area contributed by atoms with E-state index in [1.807, 2.05) is 9.92 Å². The molecule has 3 heterocycles. The standard InChI is InChI=1S/C20H28P2S.C8H12.BF4.Rh/c1-13-9-10-14(2)21(13)19-17-7-5-6-8-18(17)23-20(19)22-15(3)11-12-16(22)4;1-2-4-6-8-7-5-3-1;2-1(3,4)5;/h5-8,13-16H,9-12H2,1-4H3;1-2,7-8H,3-6H2;;/q;;-1;/b;2-1-,8-7-;;. The molecule has 4 unspecified atom stereocenters. The van der Waals surface area contributed by atoms with Gasteiger partial charge in [-0.25, -0.2) is 0 Å². The summed E-state index contributed by atoms with van der Waals surface area (Å²) in [5.41, 5.74) is 3.69. The van der Waals surface area contributed by atoms with Crippen molar-refractivity contribution in [1.29, 1.82) is 0 Å². The minimum absolute atomic E-state index is 0. The first-order valence-electron chi connectivity index (χ1n) is 13.3. The molecule has 5 rings (SSSR count). The van der Waals surface area contributed by atoms with Gasteiger partial charge in [0, 0.05) is 39.5 Å². The van der Waals surface area contributed by atoms with Gasteiger partial charge in [-0.2, -0.15) is 0 Å². The van der Waals surface area contributed by atoms with Crippen molar-refractivity contribution in [2.45, 2.75) is 102 Å². The Kier molecular flexibility index (Phi) is 14.0. The molecule has 2 fully saturated rings. The van der Waals surface area contributed by atoms with Gasteiger partial charge in [-0.15, -0.1) is 11.3 Å². The van der Waals surface area contributed by atoms with Crippen LogP contribution in [0.3, 0.4) is 0 Å². The second-order valence-electron chi connectivity index (χ2n) is 10.2. The first-order valence-corrected chi connectivity index (χ1v) is 17.1. The van der Waals surface area contributed by atoms with E-state index in [1.165, 1.54) is 51.4 Å². The van der Waals surface area contributed by atoms with E-state index in [0.29, 0.717) is 0 Å². The molecule has 1 aliphatic carbocycles. The molecule has 1 aromatic carbocycles. The molecule has 2 aromatic rings. The molecule has 9 heteroatoms. The molecule has 0 spiro atoms. The second-order valence-corrected chi connectivity index (χ2v) is 17.6. The summed E-state index contributed by atoms with van der Waals surface area (Å²) in [5.74, 6) is 0. The molecule has 1 aromatic heterocycles. The Balaban J connectivity index is 0.000000286. The van der Waals surface area contributed by atoms with E-state index in [0.717, 1.165) is 22.6 Å². The van der Waals surface area contributed by atoms with Crippen molar-refractivity contribution in [2.24, 2.45) is 0 Å². The Morgan fingerprint density at radius 1 is 0.676 bits per heavy atom. The van der Waals surface area contributed by atoms with Crippen LogP contribution in [0.1, 0.15) is 79.1 Å². The fourth-order valence-electron chi connectivity index (χ4n) is 5.53. The SMILES string of the molecule is C1=C\CC/C=C\CC/1.CC1CCC(C)P1c1sc2ccccc2c1P1C(C)CCC1C.F[B-](F)(F)F.[Rh]. The molecule has 2 aliphatic heterocycles. The number of thiophene rings is 1. The molecule has 0 nitrogen and oxygen atoms in total. The van der Waals surface area contributed by atoms with Crippen molar-refractivity contribution in [3.05, 3.63) is 48.6 Å². The third-order valence-electron chi connectivity index (χ3n) is 7.28. The number of allylic oxidation sites excluding steroid dienone is 4. The Bertz CT molecular complexity index is 973. The predicted octanol–water partition coefficient (Wildman–Crippen LogP) is 10.2. The maximum atomic E-state index is 9.75. The van der Waals surface area contributed by atoms with Crippen molar-refractivity contribution in [2.75, 3.05) is 0 Å². The van der Waals surface area contributed by atoms with Crippen molar-refractivity contribution in [3.8, 4) is 0 Å². The number of rotatable bonds is 2. The largest absolute Gasteiger partial charge is 0.673 e. The van der Waals surface area contributed by atoms with E-state index in [-0.39, 0.29) is 35.3 Å². The van der Waals surface area contributed by atoms with Gasteiger partial charge in [-0.1, -0.05) is 86.0 Å². The van der Waals surface area contributed by atoms with Gasteiger partial charge in [-0.05, 0) is 80.1 Å². The van der Waals surface area contributed by atoms with Gasteiger partial charge in [0.2, 0.25) is 0 Å². The summed E-state index contributed by atoms with van der Waals surface area (Å²) in [5, 5.41) is 3.47. The molecule has 4 atom stereocenters. The van der Waals surface area contributed by atoms with Crippen LogP contribution in [-0.2, 0) is 19.5 Å². The molecular formula is C28H40BF4P2RhS-. The summed E-state index contributed by atoms with van der Waals surface area (Å²) in [6.07, 6.45) is 19.8. The summed E-state index contributed by atoms with van der Waals surface area (Å²) in [4.78, 5) is 0. The van der Waals surface area contributed by atoms with Gasteiger partial charge in [0.1, 0.15) is 0 Å². The quantitative estimate of drug-likeness (QED) is 0.130. The van der Waals surface area contributed by atoms with Crippen LogP contribution in [0.5, 0.6) is 0 Å². The second kappa shape index (κ2) is 15.6. The molecule has 0 bridgehead atoms. The van der Waals surface area contributed by atoms with E-state index < -0.39 is 7.25 Å². The zero-order chi connectivity index (χ0) is 26.3. The van der Waals surface area contributed by atoms with E-state index >= 15 is 0 Å². The Hall–Kier alpha value is -0.0717. The summed E-state index contributed by atoms with van der Waals surface area (Å²) >= 11 is 2.16. The van der Waals surface area contributed by atoms with Crippen molar-refractivity contribution >= 4 is 54.4 Å². The van der Waals surface area contributed by atoms with Crippen LogP contribution in [0.25, 0.3) is 10.1 Å².